The Morgan fingerprint density at radius 3 is 2.53 bits per heavy atom. The van der Waals surface area contributed by atoms with Gasteiger partial charge in [-0.25, -0.2) is 4.79 Å². The van der Waals surface area contributed by atoms with Gasteiger partial charge in [0, 0.05) is 18.3 Å². The SMILES string of the molecule is COc1cc(-c2c(C)nn(C)c2C)ccc1C(=O)O. The summed E-state index contributed by atoms with van der Waals surface area (Å²) in [5.41, 5.74) is 4.01. The molecule has 2 aromatic rings. The van der Waals surface area contributed by atoms with Gasteiger partial charge in [-0.05, 0) is 31.5 Å². The predicted molar refractivity (Wildman–Crippen MR) is 71.6 cm³/mol. The molecule has 19 heavy (non-hydrogen) atoms. The molecule has 0 saturated carbocycles. The van der Waals surface area contributed by atoms with Crippen LogP contribution in [0.1, 0.15) is 21.7 Å². The van der Waals surface area contributed by atoms with Crippen LogP contribution in [0.3, 0.4) is 0 Å². The second kappa shape index (κ2) is 4.76. The maximum atomic E-state index is 11.1. The molecular weight excluding hydrogens is 244 g/mol. The lowest BCUT2D eigenvalue weighted by atomic mass is 10.0. The number of hydrogen-bond acceptors (Lipinski definition) is 3. The van der Waals surface area contributed by atoms with Crippen LogP contribution in [0.4, 0.5) is 0 Å². The molecule has 0 atom stereocenters. The molecule has 5 heteroatoms. The maximum Gasteiger partial charge on any atom is 0.339 e. The lowest BCUT2D eigenvalue weighted by Gasteiger charge is -2.08. The van der Waals surface area contributed by atoms with E-state index in [1.54, 1.807) is 18.2 Å². The fourth-order valence-corrected chi connectivity index (χ4v) is 2.21. The van der Waals surface area contributed by atoms with Gasteiger partial charge in [0.25, 0.3) is 0 Å². The van der Waals surface area contributed by atoms with Crippen LogP contribution in [-0.2, 0) is 7.05 Å². The third kappa shape index (κ3) is 2.19. The number of hydrogen-bond donors (Lipinski definition) is 1. The largest absolute Gasteiger partial charge is 0.496 e. The van der Waals surface area contributed by atoms with Crippen LogP contribution >= 0.6 is 0 Å². The van der Waals surface area contributed by atoms with E-state index in [0.29, 0.717) is 5.75 Å². The Bertz CT molecular complexity index is 644. The number of nitrogens with zero attached hydrogens (tertiary/aromatic N) is 2. The van der Waals surface area contributed by atoms with Gasteiger partial charge < -0.3 is 9.84 Å². The summed E-state index contributed by atoms with van der Waals surface area (Å²) in [5.74, 6) is -0.643. The highest BCUT2D eigenvalue weighted by molar-refractivity contribution is 5.92. The van der Waals surface area contributed by atoms with E-state index < -0.39 is 5.97 Å². The Kier molecular flexibility index (Phi) is 3.29. The van der Waals surface area contributed by atoms with Crippen molar-refractivity contribution < 1.29 is 14.6 Å². The van der Waals surface area contributed by atoms with Crippen LogP contribution in [-0.4, -0.2) is 28.0 Å². The lowest BCUT2D eigenvalue weighted by molar-refractivity contribution is 0.0693. The number of carbonyl (C=O) groups is 1. The summed E-state index contributed by atoms with van der Waals surface area (Å²) in [6, 6.07) is 5.08. The molecule has 0 amide bonds. The molecule has 0 bridgehead atoms. The molecule has 1 heterocycles. The highest BCUT2D eigenvalue weighted by Crippen LogP contribution is 2.31. The van der Waals surface area contributed by atoms with Gasteiger partial charge in [0.1, 0.15) is 11.3 Å². The van der Waals surface area contributed by atoms with Crippen molar-refractivity contribution in [1.82, 2.24) is 9.78 Å². The van der Waals surface area contributed by atoms with E-state index in [4.69, 9.17) is 9.84 Å². The molecule has 0 fully saturated rings. The van der Waals surface area contributed by atoms with E-state index in [9.17, 15) is 4.79 Å². The number of benzene rings is 1. The molecule has 0 aliphatic heterocycles. The second-order valence-electron chi connectivity index (χ2n) is 4.39. The molecule has 0 spiro atoms. The normalized spacial score (nSPS) is 10.5. The van der Waals surface area contributed by atoms with Crippen LogP contribution in [0.25, 0.3) is 11.1 Å². The Balaban J connectivity index is 2.61. The zero-order valence-corrected chi connectivity index (χ0v) is 11.4. The van der Waals surface area contributed by atoms with E-state index in [0.717, 1.165) is 22.5 Å². The minimum atomic E-state index is -0.997. The van der Waals surface area contributed by atoms with Crippen molar-refractivity contribution in [2.45, 2.75) is 13.8 Å². The van der Waals surface area contributed by atoms with Crippen molar-refractivity contribution in [3.63, 3.8) is 0 Å². The van der Waals surface area contributed by atoms with Crippen LogP contribution < -0.4 is 4.74 Å². The highest BCUT2D eigenvalue weighted by Gasteiger charge is 2.16. The lowest BCUT2D eigenvalue weighted by Crippen LogP contribution is -2.00. The van der Waals surface area contributed by atoms with Gasteiger partial charge >= 0.3 is 5.97 Å². The zero-order chi connectivity index (χ0) is 14.2. The monoisotopic (exact) mass is 260 g/mol. The molecule has 5 nitrogen and oxygen atoms in total. The fraction of sp³-hybridized carbons (Fsp3) is 0.286. The first kappa shape index (κ1) is 13.1. The van der Waals surface area contributed by atoms with E-state index >= 15 is 0 Å². The number of aromatic carboxylic acids is 1. The molecule has 0 saturated heterocycles. The standard InChI is InChI=1S/C14H16N2O3/c1-8-13(9(2)16(3)15-8)10-5-6-11(14(17)18)12(7-10)19-4/h5-7H,1-4H3,(H,17,18). The number of ether oxygens (including phenoxy) is 1. The van der Waals surface area contributed by atoms with Crippen molar-refractivity contribution >= 4 is 5.97 Å². The van der Waals surface area contributed by atoms with E-state index in [1.165, 1.54) is 7.11 Å². The van der Waals surface area contributed by atoms with Crippen molar-refractivity contribution in [1.29, 1.82) is 0 Å². The van der Waals surface area contributed by atoms with Crippen LogP contribution in [0.2, 0.25) is 0 Å². The second-order valence-corrected chi connectivity index (χ2v) is 4.39. The van der Waals surface area contributed by atoms with Gasteiger partial charge in [-0.3, -0.25) is 4.68 Å². The quantitative estimate of drug-likeness (QED) is 0.920. The minimum absolute atomic E-state index is 0.158. The van der Waals surface area contributed by atoms with Crippen LogP contribution in [0, 0.1) is 13.8 Å². The van der Waals surface area contributed by atoms with E-state index in [2.05, 4.69) is 5.10 Å². The molecule has 0 radical (unpaired) electrons. The van der Waals surface area contributed by atoms with Crippen LogP contribution in [0.5, 0.6) is 5.75 Å². The van der Waals surface area contributed by atoms with Crippen LogP contribution in [0.15, 0.2) is 18.2 Å². The number of aryl methyl sites for hydroxylation is 2. The number of aromatic nitrogens is 2. The summed E-state index contributed by atoms with van der Waals surface area (Å²) in [7, 11) is 3.35. The van der Waals surface area contributed by atoms with Crippen molar-refractivity contribution in [3.8, 4) is 16.9 Å². The van der Waals surface area contributed by atoms with E-state index in [-0.39, 0.29) is 5.56 Å². The number of carboxylic acid groups (broad SMARTS) is 1. The van der Waals surface area contributed by atoms with Gasteiger partial charge in [-0.2, -0.15) is 5.10 Å². The first-order valence-electron chi connectivity index (χ1n) is 5.87. The zero-order valence-electron chi connectivity index (χ0n) is 11.4. The molecule has 0 aliphatic carbocycles. The van der Waals surface area contributed by atoms with Gasteiger partial charge in [0.2, 0.25) is 0 Å². The Labute approximate surface area is 111 Å². The third-order valence-corrected chi connectivity index (χ3v) is 3.23. The van der Waals surface area contributed by atoms with Gasteiger partial charge in [-0.15, -0.1) is 0 Å². The first-order chi connectivity index (χ1) is 8.95. The molecule has 1 aromatic heterocycles. The highest BCUT2D eigenvalue weighted by atomic mass is 16.5. The molecule has 1 N–H and O–H groups in total. The molecule has 0 unspecified atom stereocenters. The average molecular weight is 260 g/mol. The van der Waals surface area contributed by atoms with Gasteiger partial charge in [0.15, 0.2) is 0 Å². The molecule has 2 rings (SSSR count). The third-order valence-electron chi connectivity index (χ3n) is 3.23. The smallest absolute Gasteiger partial charge is 0.339 e. The van der Waals surface area contributed by atoms with Gasteiger partial charge in [0.05, 0.1) is 12.8 Å². The topological polar surface area (TPSA) is 64.4 Å². The maximum absolute atomic E-state index is 11.1. The van der Waals surface area contributed by atoms with Crippen molar-refractivity contribution in [2.75, 3.05) is 7.11 Å². The Morgan fingerprint density at radius 1 is 1.37 bits per heavy atom. The summed E-state index contributed by atoms with van der Waals surface area (Å²) in [6.07, 6.45) is 0. The first-order valence-corrected chi connectivity index (χ1v) is 5.87. The summed E-state index contributed by atoms with van der Waals surface area (Å²) in [6.45, 7) is 3.91. The average Bonchev–Trinajstić information content (AvgIpc) is 2.62. The molecular formula is C14H16N2O3. The summed E-state index contributed by atoms with van der Waals surface area (Å²) in [4.78, 5) is 11.1. The number of rotatable bonds is 3. The van der Waals surface area contributed by atoms with E-state index in [1.807, 2.05) is 25.6 Å². The predicted octanol–water partition coefficient (Wildman–Crippen LogP) is 2.41. The summed E-state index contributed by atoms with van der Waals surface area (Å²) in [5, 5.41) is 13.4. The fourth-order valence-electron chi connectivity index (χ4n) is 2.21. The van der Waals surface area contributed by atoms with Crippen molar-refractivity contribution in [3.05, 3.63) is 35.2 Å². The molecule has 1 aromatic carbocycles. The Hall–Kier alpha value is -2.30. The minimum Gasteiger partial charge on any atom is -0.496 e. The molecule has 100 valence electrons. The number of methoxy groups -OCH3 is 1. The molecule has 0 aliphatic rings. The Morgan fingerprint density at radius 2 is 2.05 bits per heavy atom. The summed E-state index contributed by atoms with van der Waals surface area (Å²) >= 11 is 0. The van der Waals surface area contributed by atoms with Crippen molar-refractivity contribution in [2.24, 2.45) is 7.05 Å². The van der Waals surface area contributed by atoms with Gasteiger partial charge in [-0.1, -0.05) is 6.07 Å². The summed E-state index contributed by atoms with van der Waals surface area (Å²) < 4.78 is 6.96. The number of carboxylic acids is 1.